The topological polar surface area (TPSA) is 131 Å². The van der Waals surface area contributed by atoms with E-state index in [-0.39, 0.29) is 34.1 Å². The third kappa shape index (κ3) is 3.65. The number of nitro benzene ring substituents is 1. The Kier molecular flexibility index (Phi) is 5.31. The van der Waals surface area contributed by atoms with Crippen LogP contribution in [0.15, 0.2) is 69.8 Å². The van der Waals surface area contributed by atoms with Gasteiger partial charge in [-0.2, -0.15) is 4.99 Å². The second kappa shape index (κ2) is 7.85. The molecule has 2 aromatic carbocycles. The van der Waals surface area contributed by atoms with Gasteiger partial charge in [0, 0.05) is 17.2 Å². The summed E-state index contributed by atoms with van der Waals surface area (Å²) in [6, 6.07) is 12.1. The Hall–Kier alpha value is -4.14. The van der Waals surface area contributed by atoms with Gasteiger partial charge in [-0.1, -0.05) is 36.4 Å². The van der Waals surface area contributed by atoms with Gasteiger partial charge in [0.15, 0.2) is 5.84 Å². The van der Waals surface area contributed by atoms with Crippen LogP contribution in [0.4, 0.5) is 5.69 Å². The summed E-state index contributed by atoms with van der Waals surface area (Å²) in [7, 11) is 1.17. The van der Waals surface area contributed by atoms with Crippen molar-refractivity contribution >= 4 is 29.1 Å². The number of aliphatic hydroxyl groups is 1. The molecule has 0 aromatic heterocycles. The molecule has 1 heterocycles. The summed E-state index contributed by atoms with van der Waals surface area (Å²) in [4.78, 5) is 43.4. The summed E-state index contributed by atoms with van der Waals surface area (Å²) in [5.41, 5.74) is 0.282. The highest BCUT2D eigenvalue weighted by Gasteiger charge is 2.30. The third-order valence-corrected chi connectivity index (χ3v) is 4.17. The van der Waals surface area contributed by atoms with E-state index in [1.165, 1.54) is 38.3 Å². The first-order valence-corrected chi connectivity index (χ1v) is 8.38. The number of rotatable bonds is 4. The molecular weight excluding hydrogens is 378 g/mol. The number of amides is 1. The van der Waals surface area contributed by atoms with E-state index in [1.54, 1.807) is 24.3 Å². The van der Waals surface area contributed by atoms with Crippen LogP contribution in [-0.4, -0.2) is 40.6 Å². The fourth-order valence-corrected chi connectivity index (χ4v) is 2.87. The van der Waals surface area contributed by atoms with E-state index in [4.69, 9.17) is 4.74 Å². The Labute approximate surface area is 164 Å². The Balaban J connectivity index is 2.15. The van der Waals surface area contributed by atoms with Crippen LogP contribution in [0.5, 0.6) is 0 Å². The van der Waals surface area contributed by atoms with Gasteiger partial charge in [-0.15, -0.1) is 0 Å². The van der Waals surface area contributed by atoms with Gasteiger partial charge in [-0.05, 0) is 13.0 Å². The molecule has 0 bridgehead atoms. The van der Waals surface area contributed by atoms with E-state index in [0.29, 0.717) is 11.1 Å². The highest BCUT2D eigenvalue weighted by Crippen LogP contribution is 2.26. The number of hydrogen-bond acceptors (Lipinski definition) is 6. The van der Waals surface area contributed by atoms with Crippen LogP contribution in [0, 0.1) is 10.1 Å². The van der Waals surface area contributed by atoms with Crippen molar-refractivity contribution in [2.24, 2.45) is 9.98 Å². The molecule has 0 fully saturated rings. The van der Waals surface area contributed by atoms with Gasteiger partial charge in [-0.3, -0.25) is 14.9 Å². The van der Waals surface area contributed by atoms with Crippen LogP contribution in [-0.2, 0) is 9.53 Å². The predicted molar refractivity (Wildman–Crippen MR) is 104 cm³/mol. The van der Waals surface area contributed by atoms with Crippen molar-refractivity contribution in [2.75, 3.05) is 7.11 Å². The minimum Gasteiger partial charge on any atom is -0.512 e. The van der Waals surface area contributed by atoms with Gasteiger partial charge in [-0.25, -0.2) is 9.79 Å². The van der Waals surface area contributed by atoms with E-state index in [2.05, 4.69) is 9.98 Å². The van der Waals surface area contributed by atoms with Gasteiger partial charge in [0.05, 0.1) is 17.7 Å². The molecule has 0 spiro atoms. The summed E-state index contributed by atoms with van der Waals surface area (Å²) < 4.78 is 4.71. The van der Waals surface area contributed by atoms with Gasteiger partial charge in [0.2, 0.25) is 0 Å². The first kappa shape index (κ1) is 19.6. The lowest BCUT2D eigenvalue weighted by Crippen LogP contribution is -2.16. The summed E-state index contributed by atoms with van der Waals surface area (Å²) in [6.07, 6.45) is 0. The summed E-state index contributed by atoms with van der Waals surface area (Å²) >= 11 is 0. The van der Waals surface area contributed by atoms with Crippen LogP contribution in [0.1, 0.15) is 28.4 Å². The van der Waals surface area contributed by atoms with Crippen molar-refractivity contribution in [1.82, 2.24) is 0 Å². The number of fused-ring (bicyclic) bond motifs is 1. The average molecular weight is 393 g/mol. The number of nitrogens with zero attached hydrogens (tertiary/aromatic N) is 3. The lowest BCUT2D eigenvalue weighted by atomic mass is 9.99. The predicted octanol–water partition coefficient (Wildman–Crippen LogP) is 2.99. The molecule has 1 aliphatic rings. The van der Waals surface area contributed by atoms with Crippen molar-refractivity contribution in [2.45, 2.75) is 6.92 Å². The molecule has 2 aromatic rings. The Morgan fingerprint density at radius 2 is 1.72 bits per heavy atom. The van der Waals surface area contributed by atoms with Crippen molar-refractivity contribution in [1.29, 1.82) is 0 Å². The number of ether oxygens (including phenoxy) is 1. The minimum atomic E-state index is -0.851. The van der Waals surface area contributed by atoms with E-state index >= 15 is 0 Å². The number of carbonyl (C=O) groups is 2. The number of allylic oxidation sites excluding steroid dienone is 1. The Bertz CT molecular complexity index is 1130. The standard InChI is InChI=1S/C20H15N3O6/c1-11(24)16(20(26)29-2)17-12-7-3-4-8-13(12)18(21-17)22-19(25)14-9-5-6-10-15(14)23(27)28/h3-10,24H,1-2H3/b16-11-,22-18?. The number of methoxy groups -OCH3 is 1. The van der Waals surface area contributed by atoms with Gasteiger partial charge in [0.25, 0.3) is 11.6 Å². The van der Waals surface area contributed by atoms with Crippen LogP contribution >= 0.6 is 0 Å². The van der Waals surface area contributed by atoms with Crippen LogP contribution in [0.2, 0.25) is 0 Å². The zero-order valence-corrected chi connectivity index (χ0v) is 15.4. The molecule has 146 valence electrons. The zero-order valence-electron chi connectivity index (χ0n) is 15.4. The number of aliphatic imine (C=N–C) groups is 2. The molecule has 1 N–H and O–H groups in total. The van der Waals surface area contributed by atoms with Crippen molar-refractivity contribution < 1.29 is 24.4 Å². The summed E-state index contributed by atoms with van der Waals surface area (Å²) in [5, 5.41) is 21.1. The van der Waals surface area contributed by atoms with Gasteiger partial charge in [0.1, 0.15) is 16.9 Å². The number of aliphatic hydroxyl groups excluding tert-OH is 1. The number of carbonyl (C=O) groups excluding carboxylic acids is 2. The monoisotopic (exact) mass is 393 g/mol. The molecule has 0 atom stereocenters. The maximum Gasteiger partial charge on any atom is 0.343 e. The highest BCUT2D eigenvalue weighted by molar-refractivity contribution is 6.36. The third-order valence-electron chi connectivity index (χ3n) is 4.17. The molecule has 9 heteroatoms. The lowest BCUT2D eigenvalue weighted by molar-refractivity contribution is -0.385. The first-order chi connectivity index (χ1) is 13.8. The maximum atomic E-state index is 12.6. The molecule has 0 saturated carbocycles. The summed E-state index contributed by atoms with van der Waals surface area (Å²) in [5.74, 6) is -1.99. The molecule has 0 unspecified atom stereocenters. The minimum absolute atomic E-state index is 0.0265. The van der Waals surface area contributed by atoms with Crippen LogP contribution < -0.4 is 0 Å². The quantitative estimate of drug-likeness (QED) is 0.279. The fourth-order valence-electron chi connectivity index (χ4n) is 2.87. The van der Waals surface area contributed by atoms with E-state index in [0.717, 1.165) is 0 Å². The molecule has 3 rings (SSSR count). The maximum absolute atomic E-state index is 12.6. The molecular formula is C20H15N3O6. The zero-order chi connectivity index (χ0) is 21.1. The molecule has 1 amide bonds. The van der Waals surface area contributed by atoms with Crippen molar-refractivity contribution in [3.8, 4) is 0 Å². The number of benzene rings is 2. The molecule has 0 aliphatic carbocycles. The molecule has 29 heavy (non-hydrogen) atoms. The fraction of sp³-hybridized carbons (Fsp3) is 0.100. The van der Waals surface area contributed by atoms with Crippen LogP contribution in [0.25, 0.3) is 0 Å². The van der Waals surface area contributed by atoms with Crippen molar-refractivity contribution in [3.05, 3.63) is 86.7 Å². The Morgan fingerprint density at radius 3 is 2.34 bits per heavy atom. The molecule has 9 nitrogen and oxygen atoms in total. The number of nitro groups is 1. The van der Waals surface area contributed by atoms with E-state index < -0.39 is 16.8 Å². The SMILES string of the molecule is COC(=O)/C(C1=NC(=NC(=O)c2ccccc2[N+](=O)[O-])c2ccccc21)=C(/C)O. The normalized spacial score (nSPS) is 14.7. The molecule has 0 radical (unpaired) electrons. The largest absolute Gasteiger partial charge is 0.512 e. The number of amidine groups is 1. The lowest BCUT2D eigenvalue weighted by Gasteiger charge is -2.07. The van der Waals surface area contributed by atoms with Gasteiger partial charge < -0.3 is 9.84 Å². The van der Waals surface area contributed by atoms with Crippen molar-refractivity contribution in [3.63, 3.8) is 0 Å². The molecule has 0 saturated heterocycles. The second-order valence-electron chi connectivity index (χ2n) is 5.97. The number of hydrogen-bond donors (Lipinski definition) is 1. The summed E-state index contributed by atoms with van der Waals surface area (Å²) in [6.45, 7) is 1.31. The first-order valence-electron chi connectivity index (χ1n) is 8.38. The highest BCUT2D eigenvalue weighted by atomic mass is 16.6. The number of esters is 1. The smallest absolute Gasteiger partial charge is 0.343 e. The van der Waals surface area contributed by atoms with E-state index in [1.807, 2.05) is 0 Å². The average Bonchev–Trinajstić information content (AvgIpc) is 3.05. The second-order valence-corrected chi connectivity index (χ2v) is 5.97. The van der Waals surface area contributed by atoms with E-state index in [9.17, 15) is 24.8 Å². The molecule has 1 aliphatic heterocycles. The van der Waals surface area contributed by atoms with Gasteiger partial charge >= 0.3 is 5.97 Å². The number of para-hydroxylation sites is 1. The van der Waals surface area contributed by atoms with Crippen LogP contribution in [0.3, 0.4) is 0 Å². The Morgan fingerprint density at radius 1 is 1.10 bits per heavy atom.